The van der Waals surface area contributed by atoms with Gasteiger partial charge in [-0.2, -0.15) is 18.3 Å². The number of nitrogens with zero attached hydrogens (tertiary/aromatic N) is 15. The van der Waals surface area contributed by atoms with Gasteiger partial charge < -0.3 is 28.7 Å². The van der Waals surface area contributed by atoms with Gasteiger partial charge in [-0.15, -0.1) is 45.3 Å². The summed E-state index contributed by atoms with van der Waals surface area (Å²) >= 11 is 12.0. The molecule has 5 amide bonds. The molecule has 7 aromatic heterocycles. The van der Waals surface area contributed by atoms with Crippen LogP contribution >= 0.6 is 56.9 Å². The van der Waals surface area contributed by atoms with Gasteiger partial charge in [0.05, 0.1) is 69.3 Å². The Balaban J connectivity index is 0.000000119. The quantitative estimate of drug-likeness (QED) is 0.0461. The number of thiophene rings is 4. The fourth-order valence-corrected chi connectivity index (χ4v) is 23.5. The van der Waals surface area contributed by atoms with Crippen molar-refractivity contribution in [3.05, 3.63) is 263 Å². The van der Waals surface area contributed by atoms with E-state index in [0.717, 1.165) is 125 Å². The first-order chi connectivity index (χ1) is 65.2. The van der Waals surface area contributed by atoms with Gasteiger partial charge in [0, 0.05) is 106 Å². The summed E-state index contributed by atoms with van der Waals surface area (Å²) in [6, 6.07) is 42.5. The van der Waals surface area contributed by atoms with Gasteiger partial charge in [-0.25, -0.2) is 39.3 Å². The second-order valence-electron chi connectivity index (χ2n) is 37.9. The molecule has 5 aromatic carbocycles. The third-order valence-corrected chi connectivity index (χ3v) is 33.2. The summed E-state index contributed by atoms with van der Waals surface area (Å²) < 4.78 is 52.6. The summed E-state index contributed by atoms with van der Waals surface area (Å²) in [4.78, 5) is 118. The van der Waals surface area contributed by atoms with Gasteiger partial charge in [0.1, 0.15) is 34.3 Å². The molecule has 4 fully saturated rings. The summed E-state index contributed by atoms with van der Waals surface area (Å²) in [5.74, 6) is 1.43. The monoisotopic (exact) mass is 1950 g/mol. The molecule has 12 aromatic rings. The van der Waals surface area contributed by atoms with Crippen molar-refractivity contribution in [3.8, 4) is 44.0 Å². The van der Waals surface area contributed by atoms with E-state index >= 15 is 0 Å². The average molecular weight is 1950 g/mol. The number of amides is 5. The van der Waals surface area contributed by atoms with Gasteiger partial charge in [-0.05, 0) is 231 Å². The lowest BCUT2D eigenvalue weighted by Gasteiger charge is -2.40. The minimum atomic E-state index is -4.39. The van der Waals surface area contributed by atoms with Gasteiger partial charge in [0.15, 0.2) is 29.8 Å². The minimum absolute atomic E-state index is 0.0299. The Hall–Kier alpha value is -12.8. The number of hydrogen-bond acceptors (Lipinski definition) is 24. The van der Waals surface area contributed by atoms with Crippen LogP contribution < -0.4 is 28.7 Å². The normalized spacial score (nSPS) is 25.0. The number of benzene rings is 5. The zero-order chi connectivity index (χ0) is 97.4. The van der Waals surface area contributed by atoms with Gasteiger partial charge in [-0.1, -0.05) is 117 Å². The van der Waals surface area contributed by atoms with E-state index in [-0.39, 0.29) is 88.0 Å². The SMILES string of the molecule is CC(C)c1ccc([C@H]2C(=O)N(C)C(N)=N[C@]2(C)c2cc(-c3cncnc3)cs2)cc1.CN1C(=O)C(CC2CC2)[C@@](C)(c2ccc3cn[nH]c3c2)N=C1N.CN1C(=O)C(c2ccc(C3CC3)cc2)[C@@](C)(c2cc(-c3cnccn3)cs2)N=C1N.CN1C(=O)[C@@H](C2CC2)[C@@](C)(c2cc(-c3ccc(F)c(Cl)c3)cs2)N=C1N.CN1C(=O)[C@H](C2CC2)[C@@](C)(c2ccc(-c3cccc(C(F)(F)F)c3)s2)N=C1N. The number of aliphatic imine (C=N–C) groups is 5. The maximum atomic E-state index is 13.4. The molecule has 35 heteroatoms. The molecule has 137 heavy (non-hydrogen) atoms. The molecule has 0 saturated heterocycles. The molecule has 12 heterocycles. The van der Waals surface area contributed by atoms with Crippen molar-refractivity contribution in [2.75, 3.05) is 35.2 Å². The number of carbonyl (C=O) groups excluding carboxylic acids is 5. The highest BCUT2D eigenvalue weighted by molar-refractivity contribution is 7.15. The van der Waals surface area contributed by atoms with Crippen LogP contribution in [0.5, 0.6) is 0 Å². The molecular weight excluding hydrogens is 1840 g/mol. The topological polar surface area (TPSA) is 374 Å². The second-order valence-corrected chi connectivity index (χ2v) is 42.1. The number of aromatic nitrogens is 6. The molecular formula is C102H108ClF4N21O5S4. The van der Waals surface area contributed by atoms with E-state index in [4.69, 9.17) is 60.2 Å². The number of aromatic amines is 1. The highest BCUT2D eigenvalue weighted by atomic mass is 35.5. The molecule has 9 aliphatic rings. The Labute approximate surface area is 812 Å². The van der Waals surface area contributed by atoms with Crippen LogP contribution in [0.4, 0.5) is 17.6 Å². The number of rotatable bonds is 17. The molecule has 5 aliphatic heterocycles. The first-order valence-corrected chi connectivity index (χ1v) is 49.3. The number of H-pyrrole nitrogens is 1. The van der Waals surface area contributed by atoms with Gasteiger partial charge in [0.25, 0.3) is 0 Å². The van der Waals surface area contributed by atoms with E-state index in [1.54, 1.807) is 131 Å². The number of hydrogen-bond donors (Lipinski definition) is 6. The molecule has 2 unspecified atom stereocenters. The van der Waals surface area contributed by atoms with Crippen molar-refractivity contribution in [3.63, 3.8) is 0 Å². The number of alkyl halides is 3. The van der Waals surface area contributed by atoms with Crippen molar-refractivity contribution >= 4 is 127 Å². The predicted molar refractivity (Wildman–Crippen MR) is 533 cm³/mol. The van der Waals surface area contributed by atoms with Crippen molar-refractivity contribution in [2.45, 2.75) is 164 Å². The number of guanidine groups is 5. The summed E-state index contributed by atoms with van der Waals surface area (Å²) in [7, 11) is 8.37. The molecule has 26 nitrogen and oxygen atoms in total. The van der Waals surface area contributed by atoms with Crippen LogP contribution in [-0.4, -0.2) is 149 Å². The van der Waals surface area contributed by atoms with Crippen LogP contribution in [0.2, 0.25) is 5.02 Å². The lowest BCUT2D eigenvalue weighted by atomic mass is 9.75. The number of fused-ring (bicyclic) bond motifs is 1. The molecule has 0 bridgehead atoms. The van der Waals surface area contributed by atoms with Gasteiger partial charge in [0.2, 0.25) is 29.5 Å². The third-order valence-electron chi connectivity index (χ3n) is 28.1. The highest BCUT2D eigenvalue weighted by Gasteiger charge is 2.57. The first kappa shape index (κ1) is 95.9. The highest BCUT2D eigenvalue weighted by Crippen LogP contribution is 2.57. The Morgan fingerprint density at radius 3 is 1.49 bits per heavy atom. The van der Waals surface area contributed by atoms with Crippen LogP contribution in [0, 0.1) is 41.3 Å². The fraction of sp³-hybridized carbons (Fsp3) is 0.363. The van der Waals surface area contributed by atoms with E-state index in [1.165, 1.54) is 91.1 Å². The maximum absolute atomic E-state index is 13.4. The average Bonchev–Trinajstić information content (AvgIpc) is 1.06. The Morgan fingerprint density at radius 2 is 0.971 bits per heavy atom. The second kappa shape index (κ2) is 37.6. The summed E-state index contributed by atoms with van der Waals surface area (Å²) in [6.45, 7) is 14.2. The Kier molecular flexibility index (Phi) is 26.3. The summed E-state index contributed by atoms with van der Waals surface area (Å²) in [5, 5.41) is 14.3. The predicted octanol–water partition coefficient (Wildman–Crippen LogP) is 18.7. The zero-order valence-electron chi connectivity index (χ0n) is 77.8. The van der Waals surface area contributed by atoms with E-state index in [9.17, 15) is 41.5 Å². The van der Waals surface area contributed by atoms with Crippen molar-refractivity contribution in [1.82, 2.24) is 54.6 Å². The molecule has 4 saturated carbocycles. The summed E-state index contributed by atoms with van der Waals surface area (Å²) in [6.07, 6.45) is 17.4. The fourth-order valence-electron chi connectivity index (χ4n) is 19.1. The summed E-state index contributed by atoms with van der Waals surface area (Å²) in [5.41, 5.74) is 38.3. The van der Waals surface area contributed by atoms with Crippen molar-refractivity contribution in [1.29, 1.82) is 0 Å². The van der Waals surface area contributed by atoms with Crippen LogP contribution in [0.3, 0.4) is 0 Å². The first-order valence-electron chi connectivity index (χ1n) is 45.5. The number of nitrogens with one attached hydrogen (secondary N) is 1. The van der Waals surface area contributed by atoms with Crippen LogP contribution in [0.1, 0.15) is 183 Å². The molecule has 710 valence electrons. The number of carbonyl (C=O) groups is 5. The largest absolute Gasteiger partial charge is 0.416 e. The van der Waals surface area contributed by atoms with E-state index in [0.29, 0.717) is 34.1 Å². The van der Waals surface area contributed by atoms with E-state index < -0.39 is 57.1 Å². The molecule has 0 radical (unpaired) electrons. The molecule has 21 rings (SSSR count). The van der Waals surface area contributed by atoms with E-state index in [1.807, 2.05) is 93.2 Å². The van der Waals surface area contributed by atoms with E-state index in [2.05, 4.69) is 97.5 Å². The van der Waals surface area contributed by atoms with Gasteiger partial charge >= 0.3 is 6.18 Å². The molecule has 11 N–H and O–H groups in total. The minimum Gasteiger partial charge on any atom is -0.369 e. The third kappa shape index (κ3) is 19.1. The number of halogens is 5. The molecule has 0 spiro atoms. The number of nitrogens with two attached hydrogens (primary N) is 5. The zero-order valence-corrected chi connectivity index (χ0v) is 81.9. The van der Waals surface area contributed by atoms with Crippen molar-refractivity contribution < 1.29 is 41.5 Å². The Morgan fingerprint density at radius 1 is 0.474 bits per heavy atom. The lowest BCUT2D eigenvalue weighted by molar-refractivity contribution is -0.138. The van der Waals surface area contributed by atoms with Crippen LogP contribution in [0.25, 0.3) is 54.9 Å². The van der Waals surface area contributed by atoms with Crippen LogP contribution in [-0.2, 0) is 57.8 Å². The maximum Gasteiger partial charge on any atom is 0.416 e. The van der Waals surface area contributed by atoms with Crippen LogP contribution in [0.15, 0.2) is 224 Å². The smallest absolute Gasteiger partial charge is 0.369 e. The van der Waals surface area contributed by atoms with Crippen molar-refractivity contribution in [2.24, 2.45) is 89.1 Å². The number of likely N-dealkylation sites (N-methyl/N-ethyl adjacent to an activating group) is 2. The van der Waals surface area contributed by atoms with Gasteiger partial charge in [-0.3, -0.25) is 63.5 Å². The Bertz CT molecular complexity index is 6590. The lowest BCUT2D eigenvalue weighted by Crippen LogP contribution is -2.54. The standard InChI is InChI=1S/C23H23N5OS.C23H25N5OS.C20H20F3N3OS.C19H19ClFN3OS.C17H21N5O/c1-23(19-11-17(13-30-19)18-12-25-9-10-26-18)20(21(29)28(2)22(24)27-23)16-7-5-15(6-8-16)14-3-4-14;1-14(2)15-5-7-16(8-6-15)20-21(29)28(4)22(24)27-23(20,3)19-9-17(12-30-19)18-10-25-13-26-11-18;1-19(16(11-6-7-11)17(27)26(2)18(24)25-19)15-9-8-14(28-15)12-4-3-5-13(10-12)20(21,22)23;1-19(16(10-3-4-10)17(25)24(2)18(22)23-19)15-8-12(9-26-15)11-5-6-14(21)13(20)7-11;1-17(12-6-5-11-9-19-21-14(11)8-12)13(7-10-3-4-10)15(23)22(2)16(18)20-17/h5-14,20H,3-4H2,1-2H3,(H2,24,27);5-14,20H,1-4H3,(H2,24,27);3-5,8-11,16H,6-7H2,1-2H3,(H2,24,25);5-10,16H,3-4H2,1-2H3,(H2,22,23);5-6,8-10,13H,3-4,7H2,1-2H3,(H2,18,20)(H,19,21)/t20?,23-;20-,23+;16-,19+;16-,19-;13?,17-/m10011/s1. The molecule has 10 atom stereocenters. The molecule has 4 aliphatic carbocycles.